The molecule has 5 rings (SSSR count). The predicted molar refractivity (Wildman–Crippen MR) is 118 cm³/mol. The highest BCUT2D eigenvalue weighted by Gasteiger charge is 2.35. The average Bonchev–Trinajstić information content (AvgIpc) is 3.56. The molecule has 0 bridgehead atoms. The van der Waals surface area contributed by atoms with Crippen molar-refractivity contribution in [1.82, 2.24) is 14.9 Å². The van der Waals surface area contributed by atoms with Crippen molar-refractivity contribution in [2.75, 3.05) is 19.8 Å². The number of benzene rings is 2. The third kappa shape index (κ3) is 3.84. The van der Waals surface area contributed by atoms with E-state index < -0.39 is 0 Å². The van der Waals surface area contributed by atoms with Crippen LogP contribution in [0.5, 0.6) is 0 Å². The Morgan fingerprint density at radius 3 is 2.73 bits per heavy atom. The molecule has 1 amide bonds. The van der Waals surface area contributed by atoms with Crippen molar-refractivity contribution in [3.63, 3.8) is 0 Å². The number of imidazole rings is 1. The van der Waals surface area contributed by atoms with E-state index in [2.05, 4.69) is 16.0 Å². The number of nitrogens with one attached hydrogen (secondary N) is 1. The van der Waals surface area contributed by atoms with Crippen molar-refractivity contribution in [2.24, 2.45) is 0 Å². The lowest BCUT2D eigenvalue weighted by Gasteiger charge is -2.38. The maximum atomic E-state index is 13.0. The maximum absolute atomic E-state index is 13.0. The molecular weight excluding hydrogens is 398 g/mol. The highest BCUT2D eigenvalue weighted by molar-refractivity contribution is 6.30. The summed E-state index contributed by atoms with van der Waals surface area (Å²) >= 11 is 6.26. The van der Waals surface area contributed by atoms with E-state index in [4.69, 9.17) is 21.3 Å². The van der Waals surface area contributed by atoms with Gasteiger partial charge in [-0.1, -0.05) is 35.9 Å². The van der Waals surface area contributed by atoms with E-state index in [0.29, 0.717) is 32.2 Å². The molecule has 2 aromatic carbocycles. The molecule has 1 saturated carbocycles. The molecule has 1 aliphatic heterocycles. The van der Waals surface area contributed by atoms with Crippen LogP contribution in [-0.4, -0.2) is 35.2 Å². The summed E-state index contributed by atoms with van der Waals surface area (Å²) in [6.07, 6.45) is 4.05. The van der Waals surface area contributed by atoms with Crippen LogP contribution in [0.15, 0.2) is 48.5 Å². The van der Waals surface area contributed by atoms with E-state index >= 15 is 0 Å². The molecule has 1 N–H and O–H groups in total. The Labute approximate surface area is 181 Å². The lowest BCUT2D eigenvalue weighted by Crippen LogP contribution is -2.45. The number of nitrogens with zero attached hydrogens (tertiary/aromatic N) is 2. The highest BCUT2D eigenvalue weighted by atomic mass is 35.5. The highest BCUT2D eigenvalue weighted by Crippen LogP contribution is 2.40. The number of aromatic nitrogens is 2. The number of rotatable bonds is 6. The summed E-state index contributed by atoms with van der Waals surface area (Å²) < 4.78 is 7.70. The summed E-state index contributed by atoms with van der Waals surface area (Å²) in [7, 11) is 0. The molecule has 0 spiro atoms. The first-order chi connectivity index (χ1) is 14.6. The van der Waals surface area contributed by atoms with Crippen molar-refractivity contribution in [3.8, 4) is 0 Å². The molecule has 3 aromatic rings. The largest absolute Gasteiger partial charge is 0.381 e. The van der Waals surface area contributed by atoms with Gasteiger partial charge >= 0.3 is 0 Å². The molecule has 2 heterocycles. The smallest absolute Gasteiger partial charge is 0.240 e. The molecule has 156 valence electrons. The molecule has 30 heavy (non-hydrogen) atoms. The van der Waals surface area contributed by atoms with Gasteiger partial charge in [-0.25, -0.2) is 4.98 Å². The minimum absolute atomic E-state index is 0.0212. The van der Waals surface area contributed by atoms with Gasteiger partial charge in [-0.15, -0.1) is 0 Å². The zero-order valence-corrected chi connectivity index (χ0v) is 17.7. The van der Waals surface area contributed by atoms with Gasteiger partial charge in [0.25, 0.3) is 0 Å². The Morgan fingerprint density at radius 1 is 1.17 bits per heavy atom. The summed E-state index contributed by atoms with van der Waals surface area (Å²) in [6.45, 7) is 2.27. The Balaban J connectivity index is 1.35. The van der Waals surface area contributed by atoms with E-state index in [9.17, 15) is 4.79 Å². The summed E-state index contributed by atoms with van der Waals surface area (Å²) in [5.74, 6) is 1.55. The van der Waals surface area contributed by atoms with Gasteiger partial charge in [0.05, 0.1) is 11.0 Å². The third-order valence-corrected chi connectivity index (χ3v) is 6.67. The van der Waals surface area contributed by atoms with E-state index in [1.165, 1.54) is 5.56 Å². The van der Waals surface area contributed by atoms with Gasteiger partial charge in [0, 0.05) is 36.1 Å². The summed E-state index contributed by atoms with van der Waals surface area (Å²) in [4.78, 5) is 17.8. The lowest BCUT2D eigenvalue weighted by atomic mass is 9.74. The first-order valence-electron chi connectivity index (χ1n) is 10.7. The number of ether oxygens (including phenoxy) is 1. The second-order valence-electron chi connectivity index (χ2n) is 8.50. The molecule has 0 atom stereocenters. The van der Waals surface area contributed by atoms with Crippen LogP contribution in [0, 0.1) is 0 Å². The van der Waals surface area contributed by atoms with E-state index in [1.807, 2.05) is 42.5 Å². The average molecular weight is 424 g/mol. The van der Waals surface area contributed by atoms with Crippen LogP contribution >= 0.6 is 11.6 Å². The molecular formula is C24H26ClN3O2. The standard InChI is InChI=1S/C24H26ClN3O2/c25-19-5-3-4-18(14-19)24(10-12-30-13-11-24)16-26-22(29)15-28-21-7-2-1-6-20(21)27-23(28)17-8-9-17/h1-7,14,17H,8-13,15-16H2,(H,26,29). The molecule has 1 aliphatic carbocycles. The zero-order valence-electron chi connectivity index (χ0n) is 16.9. The fraction of sp³-hybridized carbons (Fsp3) is 0.417. The Morgan fingerprint density at radius 2 is 1.97 bits per heavy atom. The Hall–Kier alpha value is -2.37. The van der Waals surface area contributed by atoms with Crippen LogP contribution in [0.1, 0.15) is 43.0 Å². The van der Waals surface area contributed by atoms with Gasteiger partial charge in [0.1, 0.15) is 12.4 Å². The zero-order chi connectivity index (χ0) is 20.6. The fourth-order valence-electron chi connectivity index (χ4n) is 4.53. The summed E-state index contributed by atoms with van der Waals surface area (Å²) in [6, 6.07) is 16.1. The Kier molecular flexibility index (Phi) is 5.25. The number of halogens is 1. The number of carbonyl (C=O) groups is 1. The molecule has 2 aliphatic rings. The SMILES string of the molecule is O=C(Cn1c(C2CC2)nc2ccccc21)NCC1(c2cccc(Cl)c2)CCOCC1. The molecule has 5 nitrogen and oxygen atoms in total. The number of hydrogen-bond acceptors (Lipinski definition) is 3. The number of carbonyl (C=O) groups excluding carboxylic acids is 1. The fourth-order valence-corrected chi connectivity index (χ4v) is 4.72. The van der Waals surface area contributed by atoms with Crippen LogP contribution in [0.3, 0.4) is 0 Å². The number of amides is 1. The quantitative estimate of drug-likeness (QED) is 0.638. The first kappa shape index (κ1) is 19.6. The van der Waals surface area contributed by atoms with E-state index in [1.54, 1.807) is 0 Å². The topological polar surface area (TPSA) is 56.2 Å². The van der Waals surface area contributed by atoms with Crippen LogP contribution in [0.2, 0.25) is 5.02 Å². The first-order valence-corrected chi connectivity index (χ1v) is 11.1. The van der Waals surface area contributed by atoms with Crippen molar-refractivity contribution in [1.29, 1.82) is 0 Å². The molecule has 1 saturated heterocycles. The summed E-state index contributed by atoms with van der Waals surface area (Å²) in [5, 5.41) is 3.94. The number of para-hydroxylation sites is 2. The minimum Gasteiger partial charge on any atom is -0.381 e. The van der Waals surface area contributed by atoms with E-state index in [-0.39, 0.29) is 11.3 Å². The van der Waals surface area contributed by atoms with Gasteiger partial charge in [-0.05, 0) is 55.5 Å². The molecule has 0 unspecified atom stereocenters. The second kappa shape index (κ2) is 8.05. The monoisotopic (exact) mass is 423 g/mol. The third-order valence-electron chi connectivity index (χ3n) is 6.44. The second-order valence-corrected chi connectivity index (χ2v) is 8.94. The van der Waals surface area contributed by atoms with Crippen LogP contribution in [-0.2, 0) is 21.5 Å². The predicted octanol–water partition coefficient (Wildman–Crippen LogP) is 4.43. The molecule has 0 radical (unpaired) electrons. The van der Waals surface area contributed by atoms with Crippen molar-refractivity contribution in [2.45, 2.75) is 43.6 Å². The molecule has 6 heteroatoms. The summed E-state index contributed by atoms with van der Waals surface area (Å²) in [5.41, 5.74) is 3.03. The maximum Gasteiger partial charge on any atom is 0.240 e. The van der Waals surface area contributed by atoms with Crippen molar-refractivity contribution < 1.29 is 9.53 Å². The van der Waals surface area contributed by atoms with Crippen LogP contribution in [0.4, 0.5) is 0 Å². The lowest BCUT2D eigenvalue weighted by molar-refractivity contribution is -0.122. The van der Waals surface area contributed by atoms with Gasteiger partial charge in [0.2, 0.25) is 5.91 Å². The normalized spacial score (nSPS) is 18.4. The van der Waals surface area contributed by atoms with Crippen molar-refractivity contribution in [3.05, 3.63) is 64.9 Å². The number of hydrogen-bond donors (Lipinski definition) is 1. The number of fused-ring (bicyclic) bond motifs is 1. The molecule has 2 fully saturated rings. The Bertz CT molecular complexity index is 1070. The van der Waals surface area contributed by atoms with Crippen LogP contribution < -0.4 is 5.32 Å². The van der Waals surface area contributed by atoms with Gasteiger partial charge in [0.15, 0.2) is 0 Å². The molecule has 1 aromatic heterocycles. The minimum atomic E-state index is -0.144. The van der Waals surface area contributed by atoms with Gasteiger partial charge < -0.3 is 14.6 Å². The van der Waals surface area contributed by atoms with Gasteiger partial charge in [-0.2, -0.15) is 0 Å². The van der Waals surface area contributed by atoms with E-state index in [0.717, 1.165) is 47.6 Å². The van der Waals surface area contributed by atoms with Gasteiger partial charge in [-0.3, -0.25) is 4.79 Å². The van der Waals surface area contributed by atoms with Crippen molar-refractivity contribution >= 4 is 28.5 Å². The van der Waals surface area contributed by atoms with Crippen LogP contribution in [0.25, 0.3) is 11.0 Å².